The Bertz CT molecular complexity index is 956. The number of halogens is 1. The highest BCUT2D eigenvalue weighted by Crippen LogP contribution is 2.15. The van der Waals surface area contributed by atoms with Gasteiger partial charge in [0.25, 0.3) is 0 Å². The van der Waals surface area contributed by atoms with Crippen molar-refractivity contribution in [3.63, 3.8) is 0 Å². The fraction of sp³-hybridized carbons (Fsp3) is 0.375. The molecule has 1 saturated heterocycles. The molecule has 170 valence electrons. The van der Waals surface area contributed by atoms with E-state index in [0.717, 1.165) is 11.3 Å². The van der Waals surface area contributed by atoms with Gasteiger partial charge < -0.3 is 20.9 Å². The highest BCUT2D eigenvalue weighted by Gasteiger charge is 2.27. The highest BCUT2D eigenvalue weighted by atomic mass is 19.1. The van der Waals surface area contributed by atoms with Crippen molar-refractivity contribution in [1.29, 1.82) is 0 Å². The molecule has 3 N–H and O–H groups in total. The van der Waals surface area contributed by atoms with E-state index in [4.69, 9.17) is 0 Å². The maximum Gasteiger partial charge on any atom is 0.321 e. The predicted octanol–water partition coefficient (Wildman–Crippen LogP) is 2.99. The summed E-state index contributed by atoms with van der Waals surface area (Å²) in [5.74, 6) is -1.03. The van der Waals surface area contributed by atoms with Gasteiger partial charge in [0, 0.05) is 38.2 Å². The van der Waals surface area contributed by atoms with Crippen molar-refractivity contribution in [2.24, 2.45) is 0 Å². The van der Waals surface area contributed by atoms with Gasteiger partial charge in [0.05, 0.1) is 0 Å². The quantitative estimate of drug-likeness (QED) is 0.645. The number of carbonyl (C=O) groups excluding carboxylic acids is 3. The predicted molar refractivity (Wildman–Crippen MR) is 121 cm³/mol. The van der Waals surface area contributed by atoms with Crippen LogP contribution in [0.4, 0.5) is 14.9 Å². The Morgan fingerprint density at radius 1 is 1.09 bits per heavy atom. The molecule has 0 radical (unpaired) electrons. The zero-order valence-electron chi connectivity index (χ0n) is 18.4. The average Bonchev–Trinajstić information content (AvgIpc) is 2.75. The van der Waals surface area contributed by atoms with Crippen molar-refractivity contribution >= 4 is 23.5 Å². The Labute approximate surface area is 187 Å². The SMILES string of the molecule is CC(=O)N[C@@H](Cc1cccc(F)c1)C(=O)NC1CCN(C(=O)Nc2ccc(C)cc2)CC1. The number of carbonyl (C=O) groups is 3. The van der Waals surface area contributed by atoms with Crippen LogP contribution in [0.1, 0.15) is 30.9 Å². The van der Waals surface area contributed by atoms with Crippen molar-refractivity contribution in [3.05, 3.63) is 65.5 Å². The number of aryl methyl sites for hydroxylation is 1. The van der Waals surface area contributed by atoms with Gasteiger partial charge in [-0.25, -0.2) is 9.18 Å². The first-order valence-electron chi connectivity index (χ1n) is 10.7. The second-order valence-electron chi connectivity index (χ2n) is 8.15. The number of nitrogens with zero attached hydrogens (tertiary/aromatic N) is 1. The van der Waals surface area contributed by atoms with E-state index < -0.39 is 6.04 Å². The molecule has 0 unspecified atom stereocenters. The normalized spacial score (nSPS) is 15.0. The van der Waals surface area contributed by atoms with E-state index in [2.05, 4.69) is 16.0 Å². The van der Waals surface area contributed by atoms with Crippen molar-refractivity contribution in [2.75, 3.05) is 18.4 Å². The van der Waals surface area contributed by atoms with E-state index >= 15 is 0 Å². The third-order valence-corrected chi connectivity index (χ3v) is 5.45. The lowest BCUT2D eigenvalue weighted by atomic mass is 10.0. The van der Waals surface area contributed by atoms with Crippen molar-refractivity contribution in [3.8, 4) is 0 Å². The Balaban J connectivity index is 1.51. The number of hydrogen-bond acceptors (Lipinski definition) is 3. The molecule has 1 atom stereocenters. The van der Waals surface area contributed by atoms with Crippen LogP contribution < -0.4 is 16.0 Å². The Kier molecular flexibility index (Phi) is 7.81. The highest BCUT2D eigenvalue weighted by molar-refractivity contribution is 5.89. The van der Waals surface area contributed by atoms with Gasteiger partial charge in [-0.15, -0.1) is 0 Å². The minimum atomic E-state index is -0.794. The fourth-order valence-corrected chi connectivity index (χ4v) is 3.72. The van der Waals surface area contributed by atoms with Gasteiger partial charge in [-0.1, -0.05) is 29.8 Å². The number of anilines is 1. The molecule has 0 spiro atoms. The van der Waals surface area contributed by atoms with Crippen LogP contribution in [-0.2, 0) is 16.0 Å². The van der Waals surface area contributed by atoms with Gasteiger partial charge in [-0.3, -0.25) is 9.59 Å². The van der Waals surface area contributed by atoms with E-state index in [1.54, 1.807) is 17.0 Å². The van der Waals surface area contributed by atoms with Crippen LogP contribution in [0, 0.1) is 12.7 Å². The van der Waals surface area contributed by atoms with Gasteiger partial charge in [0.15, 0.2) is 0 Å². The number of likely N-dealkylation sites (tertiary alicyclic amines) is 1. The van der Waals surface area contributed by atoms with Crippen LogP contribution in [0.15, 0.2) is 48.5 Å². The molecule has 2 aromatic carbocycles. The monoisotopic (exact) mass is 440 g/mol. The summed E-state index contributed by atoms with van der Waals surface area (Å²) in [5, 5.41) is 8.50. The zero-order chi connectivity index (χ0) is 23.1. The summed E-state index contributed by atoms with van der Waals surface area (Å²) < 4.78 is 13.5. The standard InChI is InChI=1S/C24H29FN4O3/c1-16-6-8-20(9-7-16)28-24(32)29-12-10-21(11-13-29)27-23(31)22(26-17(2)30)15-18-4-3-5-19(25)14-18/h3-9,14,21-22H,10-13,15H2,1-2H3,(H,26,30)(H,27,31)(H,28,32)/t22-/m0/s1. The Morgan fingerprint density at radius 3 is 2.41 bits per heavy atom. The van der Waals surface area contributed by atoms with Gasteiger partial charge in [0.2, 0.25) is 11.8 Å². The molecule has 1 aliphatic heterocycles. The number of rotatable bonds is 6. The van der Waals surface area contributed by atoms with Gasteiger partial charge >= 0.3 is 6.03 Å². The third kappa shape index (κ3) is 6.80. The molecule has 0 saturated carbocycles. The maximum atomic E-state index is 13.5. The third-order valence-electron chi connectivity index (χ3n) is 5.45. The zero-order valence-corrected chi connectivity index (χ0v) is 18.4. The second-order valence-corrected chi connectivity index (χ2v) is 8.15. The summed E-state index contributed by atoms with van der Waals surface area (Å²) in [4.78, 5) is 38.6. The molecular formula is C24H29FN4O3. The van der Waals surface area contributed by atoms with E-state index in [-0.39, 0.29) is 36.1 Å². The molecule has 7 nitrogen and oxygen atoms in total. The van der Waals surface area contributed by atoms with Crippen LogP contribution in [0.25, 0.3) is 0 Å². The molecule has 1 heterocycles. The topological polar surface area (TPSA) is 90.5 Å². The molecule has 4 amide bonds. The molecule has 2 aromatic rings. The minimum Gasteiger partial charge on any atom is -0.351 e. The molecule has 0 bridgehead atoms. The van der Waals surface area contributed by atoms with E-state index in [9.17, 15) is 18.8 Å². The Hall–Kier alpha value is -3.42. The van der Waals surface area contributed by atoms with E-state index in [1.807, 2.05) is 31.2 Å². The first kappa shape index (κ1) is 23.2. The van der Waals surface area contributed by atoms with E-state index in [0.29, 0.717) is 31.5 Å². The summed E-state index contributed by atoms with van der Waals surface area (Å²) >= 11 is 0. The molecule has 0 aromatic heterocycles. The van der Waals surface area contributed by atoms with Crippen molar-refractivity contribution < 1.29 is 18.8 Å². The van der Waals surface area contributed by atoms with Crippen LogP contribution in [-0.4, -0.2) is 47.9 Å². The molecule has 8 heteroatoms. The minimum absolute atomic E-state index is 0.102. The second kappa shape index (κ2) is 10.7. The molecule has 1 aliphatic rings. The summed E-state index contributed by atoms with van der Waals surface area (Å²) in [6.07, 6.45) is 1.42. The summed E-state index contributed by atoms with van der Waals surface area (Å²) in [6, 6.07) is 12.5. The molecule has 1 fully saturated rings. The van der Waals surface area contributed by atoms with Crippen LogP contribution in [0.5, 0.6) is 0 Å². The van der Waals surface area contributed by atoms with Crippen molar-refractivity contribution in [2.45, 2.75) is 45.2 Å². The maximum absolute atomic E-state index is 13.5. The summed E-state index contributed by atoms with van der Waals surface area (Å²) in [7, 11) is 0. The lowest BCUT2D eigenvalue weighted by Gasteiger charge is -2.33. The van der Waals surface area contributed by atoms with Crippen LogP contribution >= 0.6 is 0 Å². The molecular weight excluding hydrogens is 411 g/mol. The van der Waals surface area contributed by atoms with Crippen LogP contribution in [0.2, 0.25) is 0 Å². The van der Waals surface area contributed by atoms with Crippen molar-refractivity contribution in [1.82, 2.24) is 15.5 Å². The molecule has 0 aliphatic carbocycles. The lowest BCUT2D eigenvalue weighted by molar-refractivity contribution is -0.128. The number of piperidine rings is 1. The number of hydrogen-bond donors (Lipinski definition) is 3. The average molecular weight is 441 g/mol. The van der Waals surface area contributed by atoms with Crippen LogP contribution in [0.3, 0.4) is 0 Å². The number of benzene rings is 2. The Morgan fingerprint density at radius 2 is 1.78 bits per heavy atom. The van der Waals surface area contributed by atoms with Gasteiger partial charge in [-0.05, 0) is 49.6 Å². The van der Waals surface area contributed by atoms with E-state index in [1.165, 1.54) is 19.1 Å². The molecule has 3 rings (SSSR count). The smallest absolute Gasteiger partial charge is 0.321 e. The fourth-order valence-electron chi connectivity index (χ4n) is 3.72. The van der Waals surface area contributed by atoms with Gasteiger partial charge in [-0.2, -0.15) is 0 Å². The summed E-state index contributed by atoms with van der Waals surface area (Å²) in [6.45, 7) is 4.35. The first-order valence-corrected chi connectivity index (χ1v) is 10.7. The number of urea groups is 1. The molecule has 32 heavy (non-hydrogen) atoms. The lowest BCUT2D eigenvalue weighted by Crippen LogP contribution is -2.53. The number of amides is 4. The number of nitrogens with one attached hydrogen (secondary N) is 3. The first-order chi connectivity index (χ1) is 15.3. The van der Waals surface area contributed by atoms with Gasteiger partial charge in [0.1, 0.15) is 11.9 Å². The summed E-state index contributed by atoms with van der Waals surface area (Å²) in [5.41, 5.74) is 2.49. The largest absolute Gasteiger partial charge is 0.351 e.